The lowest BCUT2D eigenvalue weighted by atomic mass is 9.92. The molecule has 5 heteroatoms. The second-order valence-electron chi connectivity index (χ2n) is 4.63. The number of nitrogens with zero attached hydrogens (tertiary/aromatic N) is 2. The predicted octanol–water partition coefficient (Wildman–Crippen LogP) is 1.75. The van der Waals surface area contributed by atoms with Crippen molar-refractivity contribution in [2.45, 2.75) is 18.8 Å². The van der Waals surface area contributed by atoms with Crippen molar-refractivity contribution >= 4 is 0 Å². The number of hydrogen-bond donors (Lipinski definition) is 1. The summed E-state index contributed by atoms with van der Waals surface area (Å²) in [5.74, 6) is 2.56. The van der Waals surface area contributed by atoms with Crippen molar-refractivity contribution in [3.63, 3.8) is 0 Å². The predicted molar refractivity (Wildman–Crippen MR) is 70.3 cm³/mol. The van der Waals surface area contributed by atoms with E-state index in [1.807, 2.05) is 25.2 Å². The van der Waals surface area contributed by atoms with Crippen molar-refractivity contribution in [3.8, 4) is 5.75 Å². The molecule has 2 heterocycles. The molecule has 5 nitrogen and oxygen atoms in total. The summed E-state index contributed by atoms with van der Waals surface area (Å²) in [6.45, 7) is 1.54. The number of rotatable bonds is 4. The quantitative estimate of drug-likeness (QED) is 0.906. The SMILES string of the molecule is CNCCc1nc(C2CCOc3ccccc32)no1. The average Bonchev–Trinajstić information content (AvgIpc) is 2.93. The van der Waals surface area contributed by atoms with Crippen LogP contribution in [-0.2, 0) is 6.42 Å². The van der Waals surface area contributed by atoms with Gasteiger partial charge in [0, 0.05) is 18.5 Å². The van der Waals surface area contributed by atoms with Gasteiger partial charge in [0.2, 0.25) is 5.89 Å². The molecule has 1 aromatic carbocycles. The molecule has 0 fully saturated rings. The normalized spacial score (nSPS) is 17.8. The minimum atomic E-state index is 0.178. The molecule has 2 aromatic rings. The summed E-state index contributed by atoms with van der Waals surface area (Å²) >= 11 is 0. The number of hydrogen-bond acceptors (Lipinski definition) is 5. The molecule has 0 saturated carbocycles. The van der Waals surface area contributed by atoms with E-state index in [9.17, 15) is 0 Å². The molecule has 3 rings (SSSR count). The first-order valence-electron chi connectivity index (χ1n) is 6.57. The van der Waals surface area contributed by atoms with E-state index >= 15 is 0 Å². The summed E-state index contributed by atoms with van der Waals surface area (Å²) < 4.78 is 10.9. The van der Waals surface area contributed by atoms with Crippen molar-refractivity contribution in [1.29, 1.82) is 0 Å². The molecule has 0 amide bonds. The molecule has 0 radical (unpaired) electrons. The van der Waals surface area contributed by atoms with E-state index in [4.69, 9.17) is 9.26 Å². The first-order valence-corrected chi connectivity index (χ1v) is 6.57. The standard InChI is InChI=1S/C14H17N3O2/c1-15-8-6-13-16-14(17-19-13)11-7-9-18-12-5-3-2-4-10(11)12/h2-5,11,15H,6-9H2,1H3. The van der Waals surface area contributed by atoms with Crippen molar-refractivity contribution < 1.29 is 9.26 Å². The summed E-state index contributed by atoms with van der Waals surface area (Å²) in [5, 5.41) is 7.20. The number of fused-ring (bicyclic) bond motifs is 1. The number of likely N-dealkylation sites (N-methyl/N-ethyl adjacent to an activating group) is 1. The van der Waals surface area contributed by atoms with Crippen LogP contribution < -0.4 is 10.1 Å². The molecule has 19 heavy (non-hydrogen) atoms. The molecule has 1 aromatic heterocycles. The highest BCUT2D eigenvalue weighted by molar-refractivity contribution is 5.40. The molecule has 1 unspecified atom stereocenters. The van der Waals surface area contributed by atoms with Crippen LogP contribution in [0, 0.1) is 0 Å². The lowest BCUT2D eigenvalue weighted by molar-refractivity contribution is 0.272. The van der Waals surface area contributed by atoms with Gasteiger partial charge in [0.1, 0.15) is 5.75 Å². The Morgan fingerprint density at radius 2 is 2.26 bits per heavy atom. The first-order chi connectivity index (χ1) is 9.38. The minimum Gasteiger partial charge on any atom is -0.493 e. The largest absolute Gasteiger partial charge is 0.493 e. The maximum absolute atomic E-state index is 5.65. The van der Waals surface area contributed by atoms with Crippen LogP contribution in [-0.4, -0.2) is 30.3 Å². The highest BCUT2D eigenvalue weighted by Crippen LogP contribution is 2.36. The Hall–Kier alpha value is -1.88. The molecule has 1 N–H and O–H groups in total. The summed E-state index contributed by atoms with van der Waals surface area (Å²) in [6, 6.07) is 8.06. The van der Waals surface area contributed by atoms with E-state index in [2.05, 4.69) is 21.5 Å². The van der Waals surface area contributed by atoms with Crippen molar-refractivity contribution in [2.24, 2.45) is 0 Å². The highest BCUT2D eigenvalue weighted by atomic mass is 16.5. The van der Waals surface area contributed by atoms with Gasteiger partial charge in [-0.1, -0.05) is 23.4 Å². The monoisotopic (exact) mass is 259 g/mol. The fraction of sp³-hybridized carbons (Fsp3) is 0.429. The van der Waals surface area contributed by atoms with Gasteiger partial charge in [-0.15, -0.1) is 0 Å². The number of benzene rings is 1. The third kappa shape index (κ3) is 2.46. The van der Waals surface area contributed by atoms with Crippen LogP contribution in [0.2, 0.25) is 0 Å². The van der Waals surface area contributed by atoms with E-state index < -0.39 is 0 Å². The van der Waals surface area contributed by atoms with E-state index in [0.717, 1.165) is 36.5 Å². The number of ether oxygens (including phenoxy) is 1. The van der Waals surface area contributed by atoms with Gasteiger partial charge in [-0.25, -0.2) is 0 Å². The Bertz CT molecular complexity index is 553. The Balaban J connectivity index is 1.85. The van der Waals surface area contributed by atoms with Crippen LogP contribution in [0.3, 0.4) is 0 Å². The maximum Gasteiger partial charge on any atom is 0.227 e. The number of nitrogens with one attached hydrogen (secondary N) is 1. The van der Waals surface area contributed by atoms with Gasteiger partial charge < -0.3 is 14.6 Å². The fourth-order valence-electron chi connectivity index (χ4n) is 2.35. The van der Waals surface area contributed by atoms with Crippen molar-refractivity contribution in [2.75, 3.05) is 20.2 Å². The lowest BCUT2D eigenvalue weighted by Gasteiger charge is -2.23. The van der Waals surface area contributed by atoms with Crippen LogP contribution in [0.25, 0.3) is 0 Å². The van der Waals surface area contributed by atoms with E-state index in [1.165, 1.54) is 0 Å². The van der Waals surface area contributed by atoms with Crippen molar-refractivity contribution in [1.82, 2.24) is 15.5 Å². The lowest BCUT2D eigenvalue weighted by Crippen LogP contribution is -2.16. The van der Waals surface area contributed by atoms with Gasteiger partial charge in [0.25, 0.3) is 0 Å². The summed E-state index contributed by atoms with van der Waals surface area (Å²) in [7, 11) is 1.91. The van der Waals surface area contributed by atoms with Crippen LogP contribution in [0.15, 0.2) is 28.8 Å². The molecular formula is C14H17N3O2. The second-order valence-corrected chi connectivity index (χ2v) is 4.63. The third-order valence-corrected chi connectivity index (χ3v) is 3.34. The van der Waals surface area contributed by atoms with Crippen molar-refractivity contribution in [3.05, 3.63) is 41.5 Å². The molecular weight excluding hydrogens is 242 g/mol. The van der Waals surface area contributed by atoms with Crippen LogP contribution in [0.1, 0.15) is 29.6 Å². The van der Waals surface area contributed by atoms with Crippen LogP contribution in [0.4, 0.5) is 0 Å². The zero-order valence-electron chi connectivity index (χ0n) is 10.9. The molecule has 0 saturated heterocycles. The average molecular weight is 259 g/mol. The Kier molecular flexibility index (Phi) is 3.46. The molecule has 1 aliphatic rings. The molecule has 1 aliphatic heterocycles. The summed E-state index contributed by atoms with van der Waals surface area (Å²) in [4.78, 5) is 4.50. The second kappa shape index (κ2) is 5.40. The van der Waals surface area contributed by atoms with E-state index in [0.29, 0.717) is 12.5 Å². The smallest absolute Gasteiger partial charge is 0.227 e. The molecule has 1 atom stereocenters. The van der Waals surface area contributed by atoms with Gasteiger partial charge >= 0.3 is 0 Å². The van der Waals surface area contributed by atoms with Gasteiger partial charge in [-0.05, 0) is 19.5 Å². The number of para-hydroxylation sites is 1. The minimum absolute atomic E-state index is 0.178. The van der Waals surface area contributed by atoms with Gasteiger partial charge in [-0.3, -0.25) is 0 Å². The molecule has 0 bridgehead atoms. The zero-order valence-corrected chi connectivity index (χ0v) is 10.9. The number of aromatic nitrogens is 2. The highest BCUT2D eigenvalue weighted by Gasteiger charge is 2.26. The summed E-state index contributed by atoms with van der Waals surface area (Å²) in [6.07, 6.45) is 1.65. The van der Waals surface area contributed by atoms with Gasteiger partial charge in [-0.2, -0.15) is 4.98 Å². The molecule has 0 spiro atoms. The van der Waals surface area contributed by atoms with Gasteiger partial charge in [0.05, 0.1) is 12.5 Å². The topological polar surface area (TPSA) is 60.2 Å². The third-order valence-electron chi connectivity index (χ3n) is 3.34. The Morgan fingerprint density at radius 3 is 3.16 bits per heavy atom. The van der Waals surface area contributed by atoms with Crippen LogP contribution >= 0.6 is 0 Å². The fourth-order valence-corrected chi connectivity index (χ4v) is 2.35. The molecule has 100 valence electrons. The maximum atomic E-state index is 5.65. The van der Waals surface area contributed by atoms with Gasteiger partial charge in [0.15, 0.2) is 5.82 Å². The zero-order chi connectivity index (χ0) is 13.1. The Morgan fingerprint density at radius 1 is 1.37 bits per heavy atom. The van der Waals surface area contributed by atoms with E-state index in [1.54, 1.807) is 0 Å². The van der Waals surface area contributed by atoms with Crippen LogP contribution in [0.5, 0.6) is 5.75 Å². The van der Waals surface area contributed by atoms with E-state index in [-0.39, 0.29) is 5.92 Å². The first kappa shape index (κ1) is 12.2. The Labute approximate surface area is 112 Å². The molecule has 0 aliphatic carbocycles. The summed E-state index contributed by atoms with van der Waals surface area (Å²) in [5.41, 5.74) is 1.15.